The van der Waals surface area contributed by atoms with E-state index in [0.29, 0.717) is 17.5 Å². The maximum absolute atomic E-state index is 7.00. The van der Waals surface area contributed by atoms with E-state index in [1.54, 1.807) is 0 Å². The van der Waals surface area contributed by atoms with Crippen LogP contribution in [0.25, 0.3) is 123 Å². The van der Waals surface area contributed by atoms with Crippen LogP contribution in [0.1, 0.15) is 0 Å². The smallest absolute Gasteiger partial charge is 0.167 e. The van der Waals surface area contributed by atoms with Crippen molar-refractivity contribution in [2.45, 2.75) is 0 Å². The zero-order chi connectivity index (χ0) is 43.6. The van der Waals surface area contributed by atoms with Gasteiger partial charge < -0.3 is 9.15 Å². The minimum Gasteiger partial charge on any atom is -0.455 e. The molecule has 0 saturated heterocycles. The Morgan fingerprint density at radius 2 is 0.864 bits per heavy atom. The van der Waals surface area contributed by atoms with Crippen molar-refractivity contribution in [2.75, 3.05) is 0 Å². The van der Waals surface area contributed by atoms with Crippen LogP contribution in [0, 0.1) is 0 Å². The first-order valence-corrected chi connectivity index (χ1v) is 22.2. The largest absolute Gasteiger partial charge is 0.455 e. The molecule has 3 heterocycles. The molecule has 12 aromatic rings. The molecule has 0 aliphatic carbocycles. The van der Waals surface area contributed by atoms with E-state index in [2.05, 4.69) is 164 Å². The molecular formula is C61H37N3O2. The van der Waals surface area contributed by atoms with Crippen molar-refractivity contribution in [1.29, 1.82) is 0 Å². The number of benzene rings is 10. The van der Waals surface area contributed by atoms with Gasteiger partial charge >= 0.3 is 0 Å². The van der Waals surface area contributed by atoms with Crippen LogP contribution in [0.2, 0.25) is 0 Å². The van der Waals surface area contributed by atoms with Crippen LogP contribution in [0.5, 0.6) is 11.5 Å². The zero-order valence-corrected chi connectivity index (χ0v) is 35.5. The highest BCUT2D eigenvalue weighted by Gasteiger charge is 2.26. The number of nitrogens with zero attached hydrogens (tertiary/aromatic N) is 3. The maximum Gasteiger partial charge on any atom is 0.167 e. The topological polar surface area (TPSA) is 61.0 Å². The summed E-state index contributed by atoms with van der Waals surface area (Å²) in [5, 5.41) is 4.36. The van der Waals surface area contributed by atoms with Gasteiger partial charge in [0.05, 0.1) is 5.56 Å². The van der Waals surface area contributed by atoms with Crippen molar-refractivity contribution in [3.05, 3.63) is 224 Å². The first kappa shape index (κ1) is 37.6. The van der Waals surface area contributed by atoms with Crippen LogP contribution in [-0.4, -0.2) is 15.0 Å². The van der Waals surface area contributed by atoms with Crippen LogP contribution in [0.3, 0.4) is 0 Å². The summed E-state index contributed by atoms with van der Waals surface area (Å²) >= 11 is 0. The average molecular weight is 844 g/mol. The normalized spacial score (nSPS) is 11.8. The maximum atomic E-state index is 7.00. The molecule has 10 aromatic carbocycles. The fraction of sp³-hybridized carbons (Fsp3) is 0. The van der Waals surface area contributed by atoms with Crippen LogP contribution in [0.4, 0.5) is 0 Å². The predicted molar refractivity (Wildman–Crippen MR) is 268 cm³/mol. The SMILES string of the molecule is c1ccc(-c2cc(-c3cccc(-c4nc(-c5ccccc5)nc(-c5cccc6c5oc5ccccc56)n4)c3)c(-c3ccccc3)c(-c3cccc4c3Oc3cccc5cccc-4c35)c2)cc1. The second kappa shape index (κ2) is 15.4. The number of fused-ring (bicyclic) bond motifs is 5. The van der Waals surface area contributed by atoms with E-state index < -0.39 is 0 Å². The van der Waals surface area contributed by atoms with Gasteiger partial charge in [0.2, 0.25) is 0 Å². The minimum absolute atomic E-state index is 0.540. The number of furan rings is 1. The Labute approximate surface area is 380 Å². The molecule has 66 heavy (non-hydrogen) atoms. The van der Waals surface area contributed by atoms with Gasteiger partial charge in [0, 0.05) is 38.4 Å². The summed E-state index contributed by atoms with van der Waals surface area (Å²) < 4.78 is 13.5. The van der Waals surface area contributed by atoms with Gasteiger partial charge in [-0.05, 0) is 86.3 Å². The lowest BCUT2D eigenvalue weighted by Gasteiger charge is -2.25. The molecule has 0 unspecified atom stereocenters. The summed E-state index contributed by atoms with van der Waals surface area (Å²) in [6.45, 7) is 0. The van der Waals surface area contributed by atoms with Crippen molar-refractivity contribution >= 4 is 32.7 Å². The fourth-order valence-electron chi connectivity index (χ4n) is 9.68. The van der Waals surface area contributed by atoms with Crippen LogP contribution >= 0.6 is 0 Å². The molecule has 0 N–H and O–H groups in total. The standard InChI is InChI=1S/C61H37N3O2/c1-4-17-38(18-5-1)44-36-51(55(39-19-6-2-7-20-39)52(37-44)49-31-15-30-48-46-28-13-23-40-24-14-34-54(56(40)46)66-57(48)49)42-25-12-26-43(35-42)60-62-59(41-21-8-3-9-22-41)63-61(64-60)50-32-16-29-47-45-27-10-11-33-53(45)65-58(47)50/h1-37H. The predicted octanol–water partition coefficient (Wildman–Crippen LogP) is 16.4. The van der Waals surface area contributed by atoms with Crippen molar-refractivity contribution < 1.29 is 9.15 Å². The lowest BCUT2D eigenvalue weighted by atomic mass is 9.83. The van der Waals surface area contributed by atoms with Gasteiger partial charge in [0.15, 0.2) is 17.5 Å². The molecule has 0 fully saturated rings. The Morgan fingerprint density at radius 3 is 1.67 bits per heavy atom. The van der Waals surface area contributed by atoms with Gasteiger partial charge in [-0.2, -0.15) is 0 Å². The molecule has 1 aliphatic rings. The van der Waals surface area contributed by atoms with E-state index in [9.17, 15) is 0 Å². The van der Waals surface area contributed by atoms with E-state index in [1.807, 2.05) is 60.7 Å². The molecule has 2 aromatic heterocycles. The quantitative estimate of drug-likeness (QED) is 0.160. The Bertz CT molecular complexity index is 3840. The van der Waals surface area contributed by atoms with Gasteiger partial charge in [0.25, 0.3) is 0 Å². The molecule has 308 valence electrons. The average Bonchev–Trinajstić information content (AvgIpc) is 3.78. The number of rotatable bonds is 7. The van der Waals surface area contributed by atoms with E-state index in [1.165, 1.54) is 5.56 Å². The summed E-state index contributed by atoms with van der Waals surface area (Å²) in [6, 6.07) is 78.2. The van der Waals surface area contributed by atoms with E-state index in [4.69, 9.17) is 24.1 Å². The Balaban J connectivity index is 1.04. The number of hydrogen-bond donors (Lipinski definition) is 0. The van der Waals surface area contributed by atoms with Crippen LogP contribution < -0.4 is 4.74 Å². The molecule has 0 spiro atoms. The zero-order valence-electron chi connectivity index (χ0n) is 35.5. The van der Waals surface area contributed by atoms with E-state index >= 15 is 0 Å². The molecule has 5 nitrogen and oxygen atoms in total. The summed E-state index contributed by atoms with van der Waals surface area (Å²) in [5.41, 5.74) is 14.9. The molecule has 1 aliphatic heterocycles. The van der Waals surface area contributed by atoms with Crippen molar-refractivity contribution in [3.8, 4) is 101 Å². The minimum atomic E-state index is 0.540. The Kier molecular flexibility index (Phi) is 8.78. The Hall–Kier alpha value is -8.93. The van der Waals surface area contributed by atoms with Crippen molar-refractivity contribution in [3.63, 3.8) is 0 Å². The van der Waals surface area contributed by atoms with E-state index in [-0.39, 0.29) is 0 Å². The molecule has 5 heteroatoms. The number of aromatic nitrogens is 3. The third-order valence-electron chi connectivity index (χ3n) is 12.7. The van der Waals surface area contributed by atoms with Gasteiger partial charge in [0.1, 0.15) is 22.7 Å². The molecule has 0 saturated carbocycles. The van der Waals surface area contributed by atoms with Gasteiger partial charge in [-0.1, -0.05) is 188 Å². The second-order valence-corrected chi connectivity index (χ2v) is 16.7. The monoisotopic (exact) mass is 843 g/mol. The lowest BCUT2D eigenvalue weighted by molar-refractivity contribution is 0.489. The molecule has 0 atom stereocenters. The van der Waals surface area contributed by atoms with Gasteiger partial charge in [-0.25, -0.2) is 15.0 Å². The van der Waals surface area contributed by atoms with Crippen molar-refractivity contribution in [1.82, 2.24) is 15.0 Å². The second-order valence-electron chi connectivity index (χ2n) is 16.7. The van der Waals surface area contributed by atoms with Crippen LogP contribution in [0.15, 0.2) is 229 Å². The first-order valence-electron chi connectivity index (χ1n) is 22.2. The number of para-hydroxylation sites is 3. The number of ether oxygens (including phenoxy) is 1. The molecular weight excluding hydrogens is 807 g/mol. The summed E-state index contributed by atoms with van der Waals surface area (Å²) in [7, 11) is 0. The summed E-state index contributed by atoms with van der Waals surface area (Å²) in [5.74, 6) is 3.39. The highest BCUT2D eigenvalue weighted by atomic mass is 16.5. The highest BCUT2D eigenvalue weighted by molar-refractivity contribution is 6.10. The summed E-state index contributed by atoms with van der Waals surface area (Å²) in [6.07, 6.45) is 0. The number of hydrogen-bond acceptors (Lipinski definition) is 5. The lowest BCUT2D eigenvalue weighted by Crippen LogP contribution is -2.01. The van der Waals surface area contributed by atoms with Crippen molar-refractivity contribution in [2.24, 2.45) is 0 Å². The van der Waals surface area contributed by atoms with Crippen LogP contribution in [-0.2, 0) is 0 Å². The molecule has 0 radical (unpaired) electrons. The van der Waals surface area contributed by atoms with Gasteiger partial charge in [-0.15, -0.1) is 0 Å². The fourth-order valence-corrected chi connectivity index (χ4v) is 9.68. The Morgan fingerprint density at radius 1 is 0.318 bits per heavy atom. The molecule has 0 amide bonds. The third-order valence-corrected chi connectivity index (χ3v) is 12.7. The highest BCUT2D eigenvalue weighted by Crippen LogP contribution is 2.53. The van der Waals surface area contributed by atoms with E-state index in [0.717, 1.165) is 111 Å². The molecule has 13 rings (SSSR count). The van der Waals surface area contributed by atoms with Gasteiger partial charge in [-0.3, -0.25) is 0 Å². The first-order chi connectivity index (χ1) is 32.7. The molecule has 0 bridgehead atoms. The summed E-state index contributed by atoms with van der Waals surface area (Å²) in [4.78, 5) is 15.5. The third kappa shape index (κ3) is 6.28.